The highest BCUT2D eigenvalue weighted by atomic mass is 16.6. The normalized spacial score (nSPS) is 10.5. The molecule has 0 atom stereocenters. The van der Waals surface area contributed by atoms with Gasteiger partial charge in [0.2, 0.25) is 0 Å². The second-order valence-corrected chi connectivity index (χ2v) is 13.6. The summed E-state index contributed by atoms with van der Waals surface area (Å²) in [5.41, 5.74) is 4.39. The Morgan fingerprint density at radius 3 is 1.03 bits per heavy atom. The Bertz CT molecular complexity index is 1870. The molecule has 59 heavy (non-hydrogen) atoms. The van der Waals surface area contributed by atoms with Crippen LogP contribution in [0.15, 0.2) is 115 Å². The van der Waals surface area contributed by atoms with Crippen molar-refractivity contribution in [3.05, 3.63) is 138 Å². The average molecular weight is 808 g/mol. The van der Waals surface area contributed by atoms with Crippen LogP contribution in [-0.4, -0.2) is 90.9 Å². The van der Waals surface area contributed by atoms with Crippen molar-refractivity contribution in [3.63, 3.8) is 0 Å². The number of methoxy groups -OCH3 is 4. The van der Waals surface area contributed by atoms with E-state index in [9.17, 15) is 9.59 Å². The zero-order valence-electron chi connectivity index (χ0n) is 34.6. The molecule has 0 saturated heterocycles. The molecule has 0 saturated carbocycles. The van der Waals surface area contributed by atoms with Crippen LogP contribution >= 0.6 is 0 Å². The van der Waals surface area contributed by atoms with Crippen molar-refractivity contribution in [3.8, 4) is 34.5 Å². The molecule has 312 valence electrons. The minimum atomic E-state index is -0.495. The van der Waals surface area contributed by atoms with Crippen molar-refractivity contribution in [2.24, 2.45) is 0 Å². The number of rotatable bonds is 21. The SMILES string of the molecule is COc1cccc(CN(Cc2cccc(OC)c2)C(=O)OCCOc2cc(OCCOC(=O)N(Cc3cccc(OC)c3)Cc3cccc(OC)c3)cc(N(C)C)c2)c1. The predicted molar refractivity (Wildman–Crippen MR) is 225 cm³/mol. The fourth-order valence-electron chi connectivity index (χ4n) is 6.08. The lowest BCUT2D eigenvalue weighted by atomic mass is 10.1. The van der Waals surface area contributed by atoms with Crippen LogP contribution in [0.2, 0.25) is 0 Å². The molecule has 0 spiro atoms. The van der Waals surface area contributed by atoms with Gasteiger partial charge in [-0.05, 0) is 70.8 Å². The van der Waals surface area contributed by atoms with Crippen LogP contribution in [0.5, 0.6) is 34.5 Å². The van der Waals surface area contributed by atoms with E-state index < -0.39 is 12.2 Å². The lowest BCUT2D eigenvalue weighted by Gasteiger charge is -2.23. The minimum Gasteiger partial charge on any atom is -0.497 e. The van der Waals surface area contributed by atoms with Gasteiger partial charge in [-0.2, -0.15) is 0 Å². The lowest BCUT2D eigenvalue weighted by Crippen LogP contribution is -2.31. The number of carbonyl (C=O) groups is 2. The number of hydrogen-bond donors (Lipinski definition) is 0. The molecule has 5 aromatic carbocycles. The first-order valence-corrected chi connectivity index (χ1v) is 19.1. The van der Waals surface area contributed by atoms with Gasteiger partial charge in [-0.1, -0.05) is 48.5 Å². The summed E-state index contributed by atoms with van der Waals surface area (Å²) in [4.78, 5) is 32.1. The highest BCUT2D eigenvalue weighted by Crippen LogP contribution is 2.28. The van der Waals surface area contributed by atoms with Crippen LogP contribution in [-0.2, 0) is 35.7 Å². The standard InChI is InChI=1S/C46H53N3O10/c1-47(2)38-27-43(56-19-21-58-45(50)48(30-34-11-7-15-39(23-34)52-3)31-35-12-8-16-40(24-35)53-4)29-44(28-38)57-20-22-59-46(51)49(32-36-13-9-17-41(25-36)54-5)33-37-14-10-18-42(26-37)55-6/h7-18,23-29H,19-22,30-33H2,1-6H3. The third kappa shape index (κ3) is 13.7. The van der Waals surface area contributed by atoms with E-state index in [2.05, 4.69) is 0 Å². The molecule has 0 aliphatic carbocycles. The van der Waals surface area contributed by atoms with Crippen molar-refractivity contribution in [1.82, 2.24) is 9.80 Å². The highest BCUT2D eigenvalue weighted by molar-refractivity contribution is 5.68. The van der Waals surface area contributed by atoms with Crippen molar-refractivity contribution in [2.45, 2.75) is 26.2 Å². The van der Waals surface area contributed by atoms with E-state index in [1.807, 2.05) is 128 Å². The molecule has 2 amide bonds. The van der Waals surface area contributed by atoms with Gasteiger partial charge in [0.1, 0.15) is 60.9 Å². The third-order valence-electron chi connectivity index (χ3n) is 9.08. The molecule has 0 aliphatic rings. The first kappa shape index (κ1) is 43.4. The van der Waals surface area contributed by atoms with Gasteiger partial charge in [-0.3, -0.25) is 9.80 Å². The van der Waals surface area contributed by atoms with E-state index in [0.29, 0.717) is 60.7 Å². The van der Waals surface area contributed by atoms with E-state index in [1.54, 1.807) is 44.3 Å². The van der Waals surface area contributed by atoms with Crippen LogP contribution in [0.25, 0.3) is 0 Å². The second-order valence-electron chi connectivity index (χ2n) is 13.6. The smallest absolute Gasteiger partial charge is 0.410 e. The number of nitrogens with zero attached hydrogens (tertiary/aromatic N) is 3. The van der Waals surface area contributed by atoms with Gasteiger partial charge >= 0.3 is 12.2 Å². The number of benzene rings is 5. The first-order valence-electron chi connectivity index (χ1n) is 19.1. The molecular weight excluding hydrogens is 755 g/mol. The Labute approximate surface area is 346 Å². The van der Waals surface area contributed by atoms with E-state index in [1.165, 1.54) is 0 Å². The zero-order valence-corrected chi connectivity index (χ0v) is 34.6. The van der Waals surface area contributed by atoms with Crippen LogP contribution in [0, 0.1) is 0 Å². The van der Waals surface area contributed by atoms with E-state index in [-0.39, 0.29) is 26.4 Å². The van der Waals surface area contributed by atoms with Crippen LogP contribution in [0.3, 0.4) is 0 Å². The van der Waals surface area contributed by atoms with Gasteiger partial charge in [0, 0.05) is 64.2 Å². The molecule has 0 bridgehead atoms. The monoisotopic (exact) mass is 807 g/mol. The quantitative estimate of drug-likeness (QED) is 0.0668. The fourth-order valence-corrected chi connectivity index (χ4v) is 6.08. The molecule has 0 unspecified atom stereocenters. The lowest BCUT2D eigenvalue weighted by molar-refractivity contribution is 0.0829. The maximum absolute atomic E-state index is 13.5. The van der Waals surface area contributed by atoms with Crippen LogP contribution in [0.4, 0.5) is 15.3 Å². The molecule has 0 aromatic heterocycles. The number of hydrogen-bond acceptors (Lipinski definition) is 11. The molecule has 5 rings (SSSR count). The van der Waals surface area contributed by atoms with Crippen molar-refractivity contribution in [2.75, 3.05) is 73.9 Å². The molecule has 0 aliphatic heterocycles. The Morgan fingerprint density at radius 1 is 0.424 bits per heavy atom. The number of amides is 2. The largest absolute Gasteiger partial charge is 0.497 e. The van der Waals surface area contributed by atoms with Crippen LogP contribution < -0.4 is 33.3 Å². The summed E-state index contributed by atoms with van der Waals surface area (Å²) in [6, 6.07) is 35.7. The molecule has 13 heteroatoms. The number of anilines is 1. The van der Waals surface area contributed by atoms with Crippen molar-refractivity contribution in [1.29, 1.82) is 0 Å². The maximum atomic E-state index is 13.5. The predicted octanol–water partition coefficient (Wildman–Crippen LogP) is 8.22. The third-order valence-corrected chi connectivity index (χ3v) is 9.08. The van der Waals surface area contributed by atoms with Crippen molar-refractivity contribution >= 4 is 17.9 Å². The summed E-state index contributed by atoms with van der Waals surface area (Å²) in [6.45, 7) is 1.42. The molecular formula is C46H53N3O10. The summed E-state index contributed by atoms with van der Waals surface area (Å²) in [5.74, 6) is 3.83. The average Bonchev–Trinajstić information content (AvgIpc) is 3.26. The summed E-state index contributed by atoms with van der Waals surface area (Å²) in [7, 11) is 10.2. The summed E-state index contributed by atoms with van der Waals surface area (Å²) in [5, 5.41) is 0. The Kier molecular flexibility index (Phi) is 16.4. The topological polar surface area (TPSA) is 118 Å². The first-order chi connectivity index (χ1) is 28.7. The van der Waals surface area contributed by atoms with Crippen LogP contribution in [0.1, 0.15) is 22.3 Å². The molecule has 0 heterocycles. The summed E-state index contributed by atoms with van der Waals surface area (Å²) < 4.78 is 45.0. The van der Waals surface area contributed by atoms with Gasteiger partial charge in [0.15, 0.2) is 0 Å². The van der Waals surface area contributed by atoms with E-state index >= 15 is 0 Å². The molecule has 0 radical (unpaired) electrons. The Morgan fingerprint density at radius 2 is 0.746 bits per heavy atom. The summed E-state index contributed by atoms with van der Waals surface area (Å²) in [6.07, 6.45) is -0.990. The number of ether oxygens (including phenoxy) is 8. The second kappa shape index (κ2) is 22.3. The van der Waals surface area contributed by atoms with Gasteiger partial charge < -0.3 is 42.8 Å². The zero-order chi connectivity index (χ0) is 42.0. The highest BCUT2D eigenvalue weighted by Gasteiger charge is 2.19. The summed E-state index contributed by atoms with van der Waals surface area (Å²) >= 11 is 0. The van der Waals surface area contributed by atoms with Gasteiger partial charge in [0.25, 0.3) is 0 Å². The molecule has 13 nitrogen and oxygen atoms in total. The van der Waals surface area contributed by atoms with E-state index in [0.717, 1.165) is 27.9 Å². The minimum absolute atomic E-state index is 0.00587. The molecule has 5 aromatic rings. The van der Waals surface area contributed by atoms with Gasteiger partial charge in [-0.15, -0.1) is 0 Å². The van der Waals surface area contributed by atoms with Gasteiger partial charge in [-0.25, -0.2) is 9.59 Å². The maximum Gasteiger partial charge on any atom is 0.410 e. The fraction of sp³-hybridized carbons (Fsp3) is 0.304. The Hall–Kier alpha value is -6.76. The molecule has 0 N–H and O–H groups in total. The van der Waals surface area contributed by atoms with Crippen molar-refractivity contribution < 1.29 is 47.5 Å². The van der Waals surface area contributed by atoms with E-state index in [4.69, 9.17) is 37.9 Å². The Balaban J connectivity index is 1.17. The number of carbonyl (C=O) groups excluding carboxylic acids is 2. The van der Waals surface area contributed by atoms with Gasteiger partial charge in [0.05, 0.1) is 28.4 Å². The molecule has 0 fully saturated rings.